The van der Waals surface area contributed by atoms with Crippen LogP contribution in [0.2, 0.25) is 0 Å². The van der Waals surface area contributed by atoms with Crippen LogP contribution < -0.4 is 0 Å². The van der Waals surface area contributed by atoms with Crippen LogP contribution in [-0.4, -0.2) is 18.7 Å². The van der Waals surface area contributed by atoms with Gasteiger partial charge >= 0.3 is 0 Å². The molecule has 0 aliphatic rings. The number of benzene rings is 1. The Bertz CT molecular complexity index is 915. The highest BCUT2D eigenvalue weighted by molar-refractivity contribution is 7.78. The molecule has 1 aromatic carbocycles. The molecule has 0 bridgehead atoms. The maximum atomic E-state index is 14.2. The van der Waals surface area contributed by atoms with Crippen molar-refractivity contribution in [1.82, 2.24) is 9.97 Å². The second-order valence-corrected chi connectivity index (χ2v) is 6.24. The molecular formula is C18H15FN2O2S. The number of pyridine rings is 2. The minimum Gasteiger partial charge on any atom is -0.306 e. The lowest BCUT2D eigenvalue weighted by Gasteiger charge is -2.11. The molecule has 0 amide bonds. The van der Waals surface area contributed by atoms with Gasteiger partial charge in [0.1, 0.15) is 5.82 Å². The number of aryl methyl sites for hydroxylation is 1. The minimum atomic E-state index is -2.08. The van der Waals surface area contributed by atoms with E-state index in [1.54, 1.807) is 18.5 Å². The topological polar surface area (TPSA) is 63.1 Å². The summed E-state index contributed by atoms with van der Waals surface area (Å²) in [4.78, 5) is 8.69. The van der Waals surface area contributed by atoms with Crippen molar-refractivity contribution in [1.29, 1.82) is 0 Å². The highest BCUT2D eigenvalue weighted by Gasteiger charge is 2.13. The zero-order chi connectivity index (χ0) is 17.1. The lowest BCUT2D eigenvalue weighted by atomic mass is 9.98. The molecule has 0 fully saturated rings. The first-order valence-electron chi connectivity index (χ1n) is 7.29. The first-order valence-corrected chi connectivity index (χ1v) is 8.57. The summed E-state index contributed by atoms with van der Waals surface area (Å²) in [6.45, 7) is 1.91. The summed E-state index contributed by atoms with van der Waals surface area (Å²) in [6.07, 6.45) is 3.37. The Morgan fingerprint density at radius 3 is 2.46 bits per heavy atom. The molecule has 2 aromatic heterocycles. The van der Waals surface area contributed by atoms with Crippen LogP contribution in [0.15, 0.2) is 54.9 Å². The van der Waals surface area contributed by atoms with Gasteiger partial charge in [0, 0.05) is 40.3 Å². The van der Waals surface area contributed by atoms with Crippen molar-refractivity contribution in [2.45, 2.75) is 12.7 Å². The summed E-state index contributed by atoms with van der Waals surface area (Å²) >= 11 is -2.08. The summed E-state index contributed by atoms with van der Waals surface area (Å²) < 4.78 is 34.0. The van der Waals surface area contributed by atoms with E-state index in [4.69, 9.17) is 4.55 Å². The van der Waals surface area contributed by atoms with Gasteiger partial charge in [-0.05, 0) is 25.1 Å². The average Bonchev–Trinajstić information content (AvgIpc) is 2.57. The van der Waals surface area contributed by atoms with E-state index in [-0.39, 0.29) is 11.3 Å². The third-order valence-electron chi connectivity index (χ3n) is 3.71. The van der Waals surface area contributed by atoms with Crippen LogP contribution in [0, 0.1) is 12.7 Å². The van der Waals surface area contributed by atoms with E-state index in [0.29, 0.717) is 11.3 Å². The third kappa shape index (κ3) is 3.39. The standard InChI is InChI=1S/C18H15FN2O2S/c1-12-15(4-2-8-20-12)16-5-3-9-21-18(16)13-6-7-14(11-24(22)23)17(19)10-13/h2-10H,11H2,1H3,(H,22,23). The Labute approximate surface area is 141 Å². The van der Waals surface area contributed by atoms with Gasteiger partial charge in [-0.2, -0.15) is 0 Å². The van der Waals surface area contributed by atoms with Gasteiger partial charge in [0.15, 0.2) is 11.1 Å². The van der Waals surface area contributed by atoms with E-state index in [1.807, 2.05) is 31.2 Å². The quantitative estimate of drug-likeness (QED) is 0.729. The second-order valence-electron chi connectivity index (χ2n) is 5.31. The van der Waals surface area contributed by atoms with Crippen molar-refractivity contribution >= 4 is 11.1 Å². The number of hydrogen-bond donors (Lipinski definition) is 1. The largest absolute Gasteiger partial charge is 0.306 e. The van der Waals surface area contributed by atoms with Gasteiger partial charge in [-0.15, -0.1) is 0 Å². The molecule has 3 rings (SSSR count). The van der Waals surface area contributed by atoms with Gasteiger partial charge in [0.2, 0.25) is 0 Å². The third-order valence-corrected chi connectivity index (χ3v) is 4.27. The van der Waals surface area contributed by atoms with Crippen molar-refractivity contribution in [2.24, 2.45) is 0 Å². The predicted octanol–water partition coefficient (Wildman–Crippen LogP) is 3.98. The van der Waals surface area contributed by atoms with Crippen LogP contribution in [0.25, 0.3) is 22.4 Å². The zero-order valence-corrected chi connectivity index (χ0v) is 13.8. The maximum Gasteiger partial charge on any atom is 0.157 e. The highest BCUT2D eigenvalue weighted by Crippen LogP contribution is 2.32. The molecule has 2 heterocycles. The van der Waals surface area contributed by atoms with E-state index < -0.39 is 16.9 Å². The molecule has 4 nitrogen and oxygen atoms in total. The van der Waals surface area contributed by atoms with Crippen LogP contribution in [0.4, 0.5) is 4.39 Å². The van der Waals surface area contributed by atoms with Gasteiger partial charge in [0.05, 0.1) is 11.4 Å². The molecule has 122 valence electrons. The van der Waals surface area contributed by atoms with Crippen molar-refractivity contribution in [2.75, 3.05) is 0 Å². The molecule has 6 heteroatoms. The molecular weight excluding hydrogens is 327 g/mol. The second kappa shape index (κ2) is 6.98. The maximum absolute atomic E-state index is 14.2. The zero-order valence-electron chi connectivity index (χ0n) is 12.9. The fourth-order valence-electron chi connectivity index (χ4n) is 2.57. The number of halogens is 1. The van der Waals surface area contributed by atoms with E-state index in [0.717, 1.165) is 16.8 Å². The number of rotatable bonds is 4. The molecule has 24 heavy (non-hydrogen) atoms. The average molecular weight is 342 g/mol. The van der Waals surface area contributed by atoms with E-state index in [1.165, 1.54) is 12.1 Å². The first kappa shape index (κ1) is 16.4. The van der Waals surface area contributed by atoms with E-state index >= 15 is 0 Å². The summed E-state index contributed by atoms with van der Waals surface area (Å²) in [7, 11) is 0. The Hall–Kier alpha value is -2.44. The molecule has 0 saturated carbocycles. The van der Waals surface area contributed by atoms with Crippen molar-refractivity contribution in [3.8, 4) is 22.4 Å². The summed E-state index contributed by atoms with van der Waals surface area (Å²) in [5.74, 6) is -0.752. The van der Waals surface area contributed by atoms with Gasteiger partial charge < -0.3 is 4.55 Å². The van der Waals surface area contributed by atoms with Crippen LogP contribution >= 0.6 is 0 Å². The molecule has 0 aliphatic heterocycles. The summed E-state index contributed by atoms with van der Waals surface area (Å²) in [5, 5.41) is 0. The molecule has 0 spiro atoms. The summed E-state index contributed by atoms with van der Waals surface area (Å²) in [5.41, 5.74) is 4.11. The Kier molecular flexibility index (Phi) is 4.78. The molecule has 1 atom stereocenters. The van der Waals surface area contributed by atoms with Crippen molar-refractivity contribution in [3.05, 3.63) is 71.9 Å². The Morgan fingerprint density at radius 1 is 1.08 bits per heavy atom. The van der Waals surface area contributed by atoms with E-state index in [9.17, 15) is 8.60 Å². The SMILES string of the molecule is Cc1ncccc1-c1cccnc1-c1ccc(CS(=O)O)c(F)c1. The van der Waals surface area contributed by atoms with Crippen LogP contribution in [0.3, 0.4) is 0 Å². The highest BCUT2D eigenvalue weighted by atomic mass is 32.2. The fourth-order valence-corrected chi connectivity index (χ4v) is 3.07. The minimum absolute atomic E-state index is 0.203. The molecule has 0 aliphatic carbocycles. The fraction of sp³-hybridized carbons (Fsp3) is 0.111. The predicted molar refractivity (Wildman–Crippen MR) is 92.1 cm³/mol. The number of hydrogen-bond acceptors (Lipinski definition) is 3. The van der Waals surface area contributed by atoms with Crippen molar-refractivity contribution < 1.29 is 13.2 Å². The molecule has 1 N–H and O–H groups in total. The lowest BCUT2D eigenvalue weighted by Crippen LogP contribution is -1.98. The lowest BCUT2D eigenvalue weighted by molar-refractivity contribution is 0.559. The van der Waals surface area contributed by atoms with Crippen LogP contribution in [-0.2, 0) is 16.8 Å². The molecule has 0 radical (unpaired) electrons. The number of aromatic nitrogens is 2. The van der Waals surface area contributed by atoms with Gasteiger partial charge in [-0.1, -0.05) is 24.3 Å². The smallest absolute Gasteiger partial charge is 0.157 e. The Morgan fingerprint density at radius 2 is 1.79 bits per heavy atom. The normalized spacial score (nSPS) is 12.1. The monoisotopic (exact) mass is 342 g/mol. The van der Waals surface area contributed by atoms with Crippen LogP contribution in [0.1, 0.15) is 11.3 Å². The van der Waals surface area contributed by atoms with Gasteiger partial charge in [0.25, 0.3) is 0 Å². The van der Waals surface area contributed by atoms with Gasteiger partial charge in [-0.25, -0.2) is 8.60 Å². The molecule has 3 aromatic rings. The van der Waals surface area contributed by atoms with E-state index in [2.05, 4.69) is 9.97 Å². The molecule has 0 saturated heterocycles. The number of nitrogens with zero attached hydrogens (tertiary/aromatic N) is 2. The molecule has 1 unspecified atom stereocenters. The van der Waals surface area contributed by atoms with Gasteiger partial charge in [-0.3, -0.25) is 9.97 Å². The Balaban J connectivity index is 2.10. The first-order chi connectivity index (χ1) is 11.6. The van der Waals surface area contributed by atoms with Crippen LogP contribution in [0.5, 0.6) is 0 Å². The van der Waals surface area contributed by atoms with Crippen molar-refractivity contribution in [3.63, 3.8) is 0 Å². The summed E-state index contributed by atoms with van der Waals surface area (Å²) in [6, 6.07) is 12.1.